The summed E-state index contributed by atoms with van der Waals surface area (Å²) in [5.74, 6) is -1.19. The van der Waals surface area contributed by atoms with E-state index >= 15 is 0 Å². The van der Waals surface area contributed by atoms with Gasteiger partial charge in [0, 0.05) is 31.9 Å². The van der Waals surface area contributed by atoms with Gasteiger partial charge in [0.25, 0.3) is 5.91 Å². The predicted octanol–water partition coefficient (Wildman–Crippen LogP) is 4.48. The van der Waals surface area contributed by atoms with Gasteiger partial charge < -0.3 is 14.2 Å². The van der Waals surface area contributed by atoms with Crippen LogP contribution in [0.4, 0.5) is 26.3 Å². The first kappa shape index (κ1) is 22.5. The zero-order valence-electron chi connectivity index (χ0n) is 17.1. The van der Waals surface area contributed by atoms with Crippen LogP contribution in [0.5, 0.6) is 5.75 Å². The summed E-state index contributed by atoms with van der Waals surface area (Å²) in [6, 6.07) is 7.70. The maximum Gasteiger partial charge on any atom is 0.573 e. The van der Waals surface area contributed by atoms with Gasteiger partial charge in [-0.2, -0.15) is 13.2 Å². The number of amides is 1. The molecule has 1 spiro atoms. The molecule has 174 valence electrons. The van der Waals surface area contributed by atoms with Crippen molar-refractivity contribution >= 4 is 5.91 Å². The van der Waals surface area contributed by atoms with Crippen molar-refractivity contribution in [3.63, 3.8) is 0 Å². The number of benzene rings is 1. The molecular weight excluding hydrogens is 440 g/mol. The molecule has 1 fully saturated rings. The van der Waals surface area contributed by atoms with Crippen molar-refractivity contribution in [2.75, 3.05) is 26.7 Å². The van der Waals surface area contributed by atoms with Crippen LogP contribution in [0, 0.1) is 0 Å². The lowest BCUT2D eigenvalue weighted by molar-refractivity contribution is -0.274. The van der Waals surface area contributed by atoms with E-state index in [-0.39, 0.29) is 25.2 Å². The summed E-state index contributed by atoms with van der Waals surface area (Å²) in [5.41, 5.74) is -1.04. The molecule has 0 unspecified atom stereocenters. The Morgan fingerprint density at radius 2 is 1.59 bits per heavy atom. The molecule has 0 aliphatic carbocycles. The average Bonchev–Trinajstić information content (AvgIpc) is 3.16. The highest BCUT2D eigenvalue weighted by Gasteiger charge is 2.47. The lowest BCUT2D eigenvalue weighted by Gasteiger charge is -2.50. The number of carbonyl (C=O) groups excluding carboxylic acids is 1. The third-order valence-corrected chi connectivity index (χ3v) is 6.36. The number of alkyl halides is 6. The van der Waals surface area contributed by atoms with Crippen molar-refractivity contribution in [1.29, 1.82) is 0 Å². The van der Waals surface area contributed by atoms with Crippen LogP contribution >= 0.6 is 0 Å². The fraction of sp³-hybridized carbons (Fsp3) is 0.476. The van der Waals surface area contributed by atoms with Crippen molar-refractivity contribution in [2.45, 2.75) is 37.5 Å². The largest absolute Gasteiger partial charge is 0.573 e. The van der Waals surface area contributed by atoms with Crippen LogP contribution in [0.15, 0.2) is 36.4 Å². The molecule has 2 aromatic rings. The Hall–Kier alpha value is -2.69. The molecular formula is C21H21F6N3O2. The highest BCUT2D eigenvalue weighted by atomic mass is 19.4. The number of hydrogen-bond acceptors (Lipinski definition) is 3. The van der Waals surface area contributed by atoms with Crippen LogP contribution in [-0.4, -0.2) is 53.3 Å². The van der Waals surface area contributed by atoms with Gasteiger partial charge in [-0.3, -0.25) is 9.69 Å². The molecule has 1 amide bonds. The lowest BCUT2D eigenvalue weighted by Crippen LogP contribution is -2.56. The summed E-state index contributed by atoms with van der Waals surface area (Å²) in [4.78, 5) is 16.4. The number of likely N-dealkylation sites (tertiary alicyclic amines) is 1. The minimum Gasteiger partial charge on any atom is -0.405 e. The fourth-order valence-corrected chi connectivity index (χ4v) is 4.77. The van der Waals surface area contributed by atoms with Gasteiger partial charge in [-0.05, 0) is 44.2 Å². The highest BCUT2D eigenvalue weighted by Crippen LogP contribution is 2.44. The van der Waals surface area contributed by atoms with E-state index in [2.05, 4.69) is 4.74 Å². The number of carbonyl (C=O) groups is 1. The SMILES string of the molecule is CN1CCn2c(C(F)(F)F)ccc2C12CCN(C(=O)c1ccccc1OC(F)(F)F)CC2. The lowest BCUT2D eigenvalue weighted by atomic mass is 9.81. The molecule has 11 heteroatoms. The topological polar surface area (TPSA) is 37.7 Å². The molecule has 3 heterocycles. The van der Waals surface area contributed by atoms with Crippen molar-refractivity contribution in [3.05, 3.63) is 53.3 Å². The van der Waals surface area contributed by atoms with Crippen LogP contribution in [-0.2, 0) is 18.3 Å². The van der Waals surface area contributed by atoms with Crippen LogP contribution in [0.3, 0.4) is 0 Å². The van der Waals surface area contributed by atoms with E-state index in [1.807, 2.05) is 11.9 Å². The molecule has 1 aromatic heterocycles. The second-order valence-corrected chi connectivity index (χ2v) is 8.04. The van der Waals surface area contributed by atoms with Gasteiger partial charge in [0.05, 0.1) is 11.1 Å². The fourth-order valence-electron chi connectivity index (χ4n) is 4.77. The zero-order chi connectivity index (χ0) is 23.3. The molecule has 1 saturated heterocycles. The molecule has 2 aliphatic heterocycles. The number of ether oxygens (including phenoxy) is 1. The van der Waals surface area contributed by atoms with Gasteiger partial charge in [-0.15, -0.1) is 13.2 Å². The van der Waals surface area contributed by atoms with Gasteiger partial charge in [-0.1, -0.05) is 12.1 Å². The van der Waals surface area contributed by atoms with Gasteiger partial charge in [0.2, 0.25) is 0 Å². The van der Waals surface area contributed by atoms with E-state index < -0.39 is 35.4 Å². The predicted molar refractivity (Wildman–Crippen MR) is 102 cm³/mol. The standard InChI is InChI=1S/C21H21F6N3O2/c1-28-12-13-30-16(6-7-17(30)20(22,23)24)19(28)8-10-29(11-9-19)18(31)14-4-2-3-5-15(14)32-21(25,26)27/h2-7H,8-13H2,1H3. The van der Waals surface area contributed by atoms with Crippen LogP contribution in [0.25, 0.3) is 0 Å². The molecule has 0 atom stereocenters. The summed E-state index contributed by atoms with van der Waals surface area (Å²) in [6.07, 6.45) is -8.68. The molecule has 0 N–H and O–H groups in total. The molecule has 32 heavy (non-hydrogen) atoms. The van der Waals surface area contributed by atoms with Crippen molar-refractivity contribution in [3.8, 4) is 5.75 Å². The third-order valence-electron chi connectivity index (χ3n) is 6.36. The first-order valence-electron chi connectivity index (χ1n) is 10.0. The summed E-state index contributed by atoms with van der Waals surface area (Å²) in [7, 11) is 1.84. The van der Waals surface area contributed by atoms with Crippen LogP contribution in [0.2, 0.25) is 0 Å². The summed E-state index contributed by atoms with van der Waals surface area (Å²) in [5, 5.41) is 0. The smallest absolute Gasteiger partial charge is 0.405 e. The normalized spacial score (nSPS) is 19.2. The van der Waals surface area contributed by atoms with Crippen molar-refractivity contribution < 1.29 is 35.9 Å². The van der Waals surface area contributed by atoms with Gasteiger partial charge >= 0.3 is 12.5 Å². The Labute approximate surface area is 180 Å². The van der Waals surface area contributed by atoms with Crippen molar-refractivity contribution in [2.24, 2.45) is 0 Å². The van der Waals surface area contributed by atoms with Gasteiger partial charge in [0.1, 0.15) is 11.4 Å². The molecule has 1 aromatic carbocycles. The van der Waals surface area contributed by atoms with E-state index in [0.717, 1.165) is 12.1 Å². The average molecular weight is 461 g/mol. The maximum absolute atomic E-state index is 13.4. The number of hydrogen-bond donors (Lipinski definition) is 0. The number of piperidine rings is 1. The molecule has 0 saturated carbocycles. The molecule has 0 radical (unpaired) electrons. The summed E-state index contributed by atoms with van der Waals surface area (Å²) < 4.78 is 83.6. The number of likely N-dealkylation sites (N-methyl/N-ethyl adjacent to an activating group) is 1. The number of halogens is 6. The van der Waals surface area contributed by atoms with Crippen molar-refractivity contribution in [1.82, 2.24) is 14.4 Å². The number of aromatic nitrogens is 1. The Morgan fingerprint density at radius 3 is 2.22 bits per heavy atom. The van der Waals surface area contributed by atoms with E-state index in [1.54, 1.807) is 0 Å². The maximum atomic E-state index is 13.4. The van der Waals surface area contributed by atoms with E-state index in [1.165, 1.54) is 33.7 Å². The quantitative estimate of drug-likeness (QED) is 0.619. The summed E-state index contributed by atoms with van der Waals surface area (Å²) in [6.45, 7) is 1.01. The number of nitrogens with zero attached hydrogens (tertiary/aromatic N) is 3. The molecule has 5 nitrogen and oxygen atoms in total. The second-order valence-electron chi connectivity index (χ2n) is 8.04. The van der Waals surface area contributed by atoms with Gasteiger partial charge in [-0.25, -0.2) is 0 Å². The first-order chi connectivity index (χ1) is 14.9. The Morgan fingerprint density at radius 1 is 0.938 bits per heavy atom. The Balaban J connectivity index is 1.57. The first-order valence-corrected chi connectivity index (χ1v) is 10.0. The molecule has 2 aliphatic rings. The minimum absolute atomic E-state index is 0.191. The monoisotopic (exact) mass is 461 g/mol. The Kier molecular flexibility index (Phi) is 5.43. The Bertz CT molecular complexity index is 1010. The highest BCUT2D eigenvalue weighted by molar-refractivity contribution is 5.97. The number of fused-ring (bicyclic) bond motifs is 2. The van der Waals surface area contributed by atoms with E-state index in [9.17, 15) is 31.1 Å². The number of para-hydroxylation sites is 1. The van der Waals surface area contributed by atoms with Crippen LogP contribution < -0.4 is 4.74 Å². The minimum atomic E-state index is -4.94. The summed E-state index contributed by atoms with van der Waals surface area (Å²) >= 11 is 0. The van der Waals surface area contributed by atoms with E-state index in [4.69, 9.17) is 0 Å². The molecule has 0 bridgehead atoms. The van der Waals surface area contributed by atoms with E-state index in [0.29, 0.717) is 25.1 Å². The van der Waals surface area contributed by atoms with Gasteiger partial charge in [0.15, 0.2) is 0 Å². The molecule has 4 rings (SSSR count). The number of rotatable bonds is 2. The van der Waals surface area contributed by atoms with Crippen LogP contribution in [0.1, 0.15) is 34.6 Å². The third kappa shape index (κ3) is 3.94. The zero-order valence-corrected chi connectivity index (χ0v) is 17.1. The second kappa shape index (κ2) is 7.72.